The van der Waals surface area contributed by atoms with Gasteiger partial charge in [0.15, 0.2) is 0 Å². The number of amides is 2. The van der Waals surface area contributed by atoms with Crippen LogP contribution in [0, 0.1) is 17.6 Å². The first-order valence-corrected chi connectivity index (χ1v) is 10.5. The Balaban J connectivity index is 1.43. The zero-order valence-electron chi connectivity index (χ0n) is 17.9. The Labute approximate surface area is 184 Å². The van der Waals surface area contributed by atoms with Crippen molar-refractivity contribution in [3.63, 3.8) is 0 Å². The third-order valence-corrected chi connectivity index (χ3v) is 5.47. The summed E-state index contributed by atoms with van der Waals surface area (Å²) in [7, 11) is 0. The molecule has 1 N–H and O–H groups in total. The maximum atomic E-state index is 13.5. The maximum Gasteiger partial charge on any atom is 0.229 e. The molecular formula is C24H24F2N4O2. The minimum atomic E-state index is -0.768. The highest BCUT2D eigenvalue weighted by Gasteiger charge is 2.35. The van der Waals surface area contributed by atoms with Gasteiger partial charge in [0.1, 0.15) is 17.5 Å². The summed E-state index contributed by atoms with van der Waals surface area (Å²) in [5.41, 5.74) is 1.74. The van der Waals surface area contributed by atoms with Crippen molar-refractivity contribution < 1.29 is 18.4 Å². The third kappa shape index (κ3) is 4.69. The Morgan fingerprint density at radius 1 is 1.19 bits per heavy atom. The molecule has 166 valence electrons. The van der Waals surface area contributed by atoms with Crippen LogP contribution in [0.15, 0.2) is 54.9 Å². The normalized spacial score (nSPS) is 16.1. The first-order chi connectivity index (χ1) is 15.3. The lowest BCUT2D eigenvalue weighted by Gasteiger charge is -2.17. The molecule has 1 unspecified atom stereocenters. The Hall–Kier alpha value is -3.55. The van der Waals surface area contributed by atoms with E-state index in [2.05, 4.69) is 28.7 Å². The van der Waals surface area contributed by atoms with E-state index in [4.69, 9.17) is 0 Å². The van der Waals surface area contributed by atoms with Gasteiger partial charge in [-0.2, -0.15) is 0 Å². The average molecular weight is 438 g/mol. The van der Waals surface area contributed by atoms with Gasteiger partial charge in [0.05, 0.1) is 5.92 Å². The molecule has 0 spiro atoms. The topological polar surface area (TPSA) is 67.2 Å². The predicted octanol–water partition coefficient (Wildman–Crippen LogP) is 4.32. The van der Waals surface area contributed by atoms with E-state index < -0.39 is 17.6 Å². The lowest BCUT2D eigenvalue weighted by molar-refractivity contribution is -0.122. The van der Waals surface area contributed by atoms with Crippen LogP contribution in [0.4, 0.5) is 20.2 Å². The van der Waals surface area contributed by atoms with Gasteiger partial charge in [0.25, 0.3) is 0 Å². The van der Waals surface area contributed by atoms with Gasteiger partial charge >= 0.3 is 0 Å². The molecule has 32 heavy (non-hydrogen) atoms. The van der Waals surface area contributed by atoms with Crippen molar-refractivity contribution in [1.82, 2.24) is 9.55 Å². The van der Waals surface area contributed by atoms with Crippen molar-refractivity contribution in [1.29, 1.82) is 0 Å². The number of anilines is 2. The molecule has 0 bridgehead atoms. The van der Waals surface area contributed by atoms with Crippen molar-refractivity contribution in [2.45, 2.75) is 32.7 Å². The molecule has 1 fully saturated rings. The molecule has 2 aromatic carbocycles. The van der Waals surface area contributed by atoms with E-state index in [1.165, 1.54) is 4.90 Å². The number of aromatic nitrogens is 2. The van der Waals surface area contributed by atoms with Gasteiger partial charge < -0.3 is 14.8 Å². The van der Waals surface area contributed by atoms with E-state index >= 15 is 0 Å². The van der Waals surface area contributed by atoms with E-state index in [0.717, 1.165) is 29.6 Å². The molecule has 4 rings (SSSR count). The van der Waals surface area contributed by atoms with Crippen LogP contribution in [-0.4, -0.2) is 27.9 Å². The quantitative estimate of drug-likeness (QED) is 0.623. The van der Waals surface area contributed by atoms with Crippen LogP contribution >= 0.6 is 0 Å². The van der Waals surface area contributed by atoms with E-state index in [0.29, 0.717) is 18.2 Å². The summed E-state index contributed by atoms with van der Waals surface area (Å²) in [6.07, 6.45) is 3.68. The Bertz CT molecular complexity index is 1140. The first-order valence-electron chi connectivity index (χ1n) is 10.5. The smallest absolute Gasteiger partial charge is 0.229 e. The highest BCUT2D eigenvalue weighted by molar-refractivity contribution is 6.03. The van der Waals surface area contributed by atoms with Crippen LogP contribution < -0.4 is 10.2 Å². The number of rotatable bonds is 6. The summed E-state index contributed by atoms with van der Waals surface area (Å²) in [6, 6.07) is 10.4. The van der Waals surface area contributed by atoms with Crippen LogP contribution in [0.5, 0.6) is 0 Å². The standard InChI is InChI=1S/C24H24F2N4O2/c1-15(2)23-27-6-7-29(23)13-16-4-3-5-20(8-16)28-24(32)17-9-22(31)30(14-17)21-11-18(25)10-19(26)12-21/h3-8,10-12,15,17H,9,13-14H2,1-2H3,(H,28,32). The number of benzene rings is 2. The Kier molecular flexibility index (Phi) is 6.03. The average Bonchev–Trinajstić information content (AvgIpc) is 3.34. The number of imidazole rings is 1. The predicted molar refractivity (Wildman–Crippen MR) is 117 cm³/mol. The molecule has 0 saturated carbocycles. The van der Waals surface area contributed by atoms with Gasteiger partial charge in [0, 0.05) is 55.3 Å². The van der Waals surface area contributed by atoms with Gasteiger partial charge in [-0.1, -0.05) is 26.0 Å². The summed E-state index contributed by atoms with van der Waals surface area (Å²) in [5, 5.41) is 2.87. The van der Waals surface area contributed by atoms with Crippen molar-refractivity contribution in [2.24, 2.45) is 5.92 Å². The second-order valence-electron chi connectivity index (χ2n) is 8.29. The second kappa shape index (κ2) is 8.90. The zero-order chi connectivity index (χ0) is 22.8. The first kappa shape index (κ1) is 21.7. The molecular weight excluding hydrogens is 414 g/mol. The van der Waals surface area contributed by atoms with Gasteiger partial charge in [-0.25, -0.2) is 13.8 Å². The van der Waals surface area contributed by atoms with E-state index in [-0.39, 0.29) is 30.5 Å². The van der Waals surface area contributed by atoms with Gasteiger partial charge in [-0.05, 0) is 29.8 Å². The largest absolute Gasteiger partial charge is 0.330 e. The molecule has 3 aromatic rings. The molecule has 1 atom stereocenters. The van der Waals surface area contributed by atoms with E-state index in [9.17, 15) is 18.4 Å². The monoisotopic (exact) mass is 438 g/mol. The number of carbonyl (C=O) groups is 2. The van der Waals surface area contributed by atoms with E-state index in [1.54, 1.807) is 12.3 Å². The number of halogens is 2. The Morgan fingerprint density at radius 3 is 2.66 bits per heavy atom. The van der Waals surface area contributed by atoms with Crippen LogP contribution in [0.1, 0.15) is 37.6 Å². The fourth-order valence-corrected chi connectivity index (χ4v) is 3.97. The van der Waals surface area contributed by atoms with Crippen LogP contribution in [0.3, 0.4) is 0 Å². The summed E-state index contributed by atoms with van der Waals surface area (Å²) >= 11 is 0. The number of nitrogens with zero attached hydrogens (tertiary/aromatic N) is 3. The van der Waals surface area contributed by atoms with Crippen molar-refractivity contribution >= 4 is 23.2 Å². The molecule has 2 amide bonds. The molecule has 6 nitrogen and oxygen atoms in total. The number of carbonyl (C=O) groups excluding carboxylic acids is 2. The van der Waals surface area contributed by atoms with Gasteiger partial charge in [-0.3, -0.25) is 9.59 Å². The lowest BCUT2D eigenvalue weighted by atomic mass is 10.1. The van der Waals surface area contributed by atoms with Gasteiger partial charge in [-0.15, -0.1) is 0 Å². The molecule has 0 radical (unpaired) electrons. The molecule has 8 heteroatoms. The van der Waals surface area contributed by atoms with E-state index in [1.807, 2.05) is 24.4 Å². The highest BCUT2D eigenvalue weighted by Crippen LogP contribution is 2.27. The third-order valence-electron chi connectivity index (χ3n) is 5.47. The number of hydrogen-bond donors (Lipinski definition) is 1. The minimum Gasteiger partial charge on any atom is -0.330 e. The highest BCUT2D eigenvalue weighted by atomic mass is 19.1. The molecule has 2 heterocycles. The maximum absolute atomic E-state index is 13.5. The van der Waals surface area contributed by atoms with Crippen molar-refractivity contribution in [3.05, 3.63) is 77.9 Å². The van der Waals surface area contributed by atoms with Crippen molar-refractivity contribution in [2.75, 3.05) is 16.8 Å². The fourth-order valence-electron chi connectivity index (χ4n) is 3.97. The summed E-state index contributed by atoms with van der Waals surface area (Å²) in [4.78, 5) is 30.8. The molecule has 1 aromatic heterocycles. The SMILES string of the molecule is CC(C)c1nccn1Cc1cccc(NC(=O)C2CC(=O)N(c3cc(F)cc(F)c3)C2)c1. The van der Waals surface area contributed by atoms with Crippen LogP contribution in [-0.2, 0) is 16.1 Å². The molecule has 1 saturated heterocycles. The molecule has 0 aliphatic carbocycles. The summed E-state index contributed by atoms with van der Waals surface area (Å²) in [5.74, 6) is -1.52. The van der Waals surface area contributed by atoms with Crippen LogP contribution in [0.2, 0.25) is 0 Å². The Morgan fingerprint density at radius 2 is 1.94 bits per heavy atom. The zero-order valence-corrected chi connectivity index (χ0v) is 17.9. The molecule has 1 aliphatic heterocycles. The fraction of sp³-hybridized carbons (Fsp3) is 0.292. The van der Waals surface area contributed by atoms with Crippen LogP contribution in [0.25, 0.3) is 0 Å². The minimum absolute atomic E-state index is 0.0174. The summed E-state index contributed by atoms with van der Waals surface area (Å²) < 4.78 is 29.1. The van der Waals surface area contributed by atoms with Crippen molar-refractivity contribution in [3.8, 4) is 0 Å². The number of hydrogen-bond acceptors (Lipinski definition) is 3. The summed E-state index contributed by atoms with van der Waals surface area (Å²) in [6.45, 7) is 4.86. The lowest BCUT2D eigenvalue weighted by Crippen LogP contribution is -2.28. The molecule has 1 aliphatic rings. The second-order valence-corrected chi connectivity index (χ2v) is 8.29. The number of nitrogens with one attached hydrogen (secondary N) is 1. The van der Waals surface area contributed by atoms with Gasteiger partial charge in [0.2, 0.25) is 11.8 Å².